The number of pyridine rings is 1. The van der Waals surface area contributed by atoms with Crippen molar-refractivity contribution in [1.29, 1.82) is 0 Å². The van der Waals surface area contributed by atoms with E-state index in [1.54, 1.807) is 16.8 Å². The second-order valence-electron chi connectivity index (χ2n) is 4.27. The Labute approximate surface area is 113 Å². The average Bonchev–Trinajstić information content (AvgIpc) is 2.87. The number of fused-ring (bicyclic) bond motifs is 1. The summed E-state index contributed by atoms with van der Waals surface area (Å²) in [7, 11) is 0. The van der Waals surface area contributed by atoms with Crippen molar-refractivity contribution in [3.8, 4) is 0 Å². The lowest BCUT2D eigenvalue weighted by molar-refractivity contribution is 0.102. The van der Waals surface area contributed by atoms with Gasteiger partial charge in [0.1, 0.15) is 5.82 Å². The van der Waals surface area contributed by atoms with Gasteiger partial charge in [-0.15, -0.1) is 0 Å². The number of amides is 1. The Kier molecular flexibility index (Phi) is 2.83. The van der Waals surface area contributed by atoms with Crippen LogP contribution in [0.5, 0.6) is 0 Å². The fourth-order valence-corrected chi connectivity index (χ4v) is 1.94. The van der Waals surface area contributed by atoms with Crippen LogP contribution >= 0.6 is 0 Å². The maximum Gasteiger partial charge on any atom is 0.259 e. The standard InChI is InChI=1S/C14H11FN4O/c15-9-4-5-11(16)12(7-9)18-14(20)10-8-17-19-6-2-1-3-13(10)19/h1-8H,16H2,(H,18,20). The molecule has 100 valence electrons. The van der Waals surface area contributed by atoms with Gasteiger partial charge in [0.15, 0.2) is 0 Å². The van der Waals surface area contributed by atoms with E-state index in [9.17, 15) is 9.18 Å². The van der Waals surface area contributed by atoms with E-state index in [1.807, 2.05) is 12.1 Å². The van der Waals surface area contributed by atoms with Crippen molar-refractivity contribution in [2.45, 2.75) is 0 Å². The van der Waals surface area contributed by atoms with E-state index in [1.165, 1.54) is 24.4 Å². The number of halogens is 1. The topological polar surface area (TPSA) is 72.4 Å². The van der Waals surface area contributed by atoms with Crippen molar-refractivity contribution in [2.24, 2.45) is 0 Å². The van der Waals surface area contributed by atoms with Gasteiger partial charge in [0.05, 0.1) is 28.7 Å². The second-order valence-corrected chi connectivity index (χ2v) is 4.27. The molecule has 0 atom stereocenters. The molecule has 0 unspecified atom stereocenters. The molecule has 0 fully saturated rings. The van der Waals surface area contributed by atoms with E-state index < -0.39 is 5.82 Å². The van der Waals surface area contributed by atoms with E-state index in [4.69, 9.17) is 5.73 Å². The van der Waals surface area contributed by atoms with Gasteiger partial charge in [-0.3, -0.25) is 4.79 Å². The Hall–Kier alpha value is -2.89. The molecule has 3 aromatic rings. The van der Waals surface area contributed by atoms with Crippen LogP contribution in [0.25, 0.3) is 5.52 Å². The smallest absolute Gasteiger partial charge is 0.259 e. The van der Waals surface area contributed by atoms with Crippen molar-refractivity contribution in [1.82, 2.24) is 9.61 Å². The summed E-state index contributed by atoms with van der Waals surface area (Å²) in [6.45, 7) is 0. The fourth-order valence-electron chi connectivity index (χ4n) is 1.94. The fraction of sp³-hybridized carbons (Fsp3) is 0. The molecular weight excluding hydrogens is 259 g/mol. The molecule has 1 aromatic carbocycles. The molecule has 0 saturated carbocycles. The number of rotatable bonds is 2. The third kappa shape index (κ3) is 2.07. The predicted molar refractivity (Wildman–Crippen MR) is 74.0 cm³/mol. The van der Waals surface area contributed by atoms with Crippen molar-refractivity contribution in [3.05, 3.63) is 60.2 Å². The molecular formula is C14H11FN4O. The summed E-state index contributed by atoms with van der Waals surface area (Å²) >= 11 is 0. The number of benzene rings is 1. The Balaban J connectivity index is 1.95. The SMILES string of the molecule is Nc1ccc(F)cc1NC(=O)c1cnn2ccccc12. The Morgan fingerprint density at radius 1 is 1.30 bits per heavy atom. The molecule has 20 heavy (non-hydrogen) atoms. The molecule has 0 aliphatic heterocycles. The van der Waals surface area contributed by atoms with Crippen LogP contribution in [0.15, 0.2) is 48.8 Å². The number of aromatic nitrogens is 2. The highest BCUT2D eigenvalue weighted by molar-refractivity contribution is 6.09. The van der Waals surface area contributed by atoms with Crippen LogP contribution in [0.2, 0.25) is 0 Å². The normalized spacial score (nSPS) is 10.7. The van der Waals surface area contributed by atoms with Gasteiger partial charge in [0.2, 0.25) is 0 Å². The molecule has 0 aliphatic rings. The summed E-state index contributed by atoms with van der Waals surface area (Å²) < 4.78 is 14.8. The quantitative estimate of drug-likeness (QED) is 0.702. The number of hydrogen-bond acceptors (Lipinski definition) is 3. The highest BCUT2D eigenvalue weighted by Gasteiger charge is 2.13. The molecule has 0 spiro atoms. The van der Waals surface area contributed by atoms with E-state index in [-0.39, 0.29) is 11.6 Å². The molecule has 3 rings (SSSR count). The average molecular weight is 270 g/mol. The van der Waals surface area contributed by atoms with Gasteiger partial charge in [-0.2, -0.15) is 5.10 Å². The number of hydrogen-bond donors (Lipinski definition) is 2. The van der Waals surface area contributed by atoms with Crippen LogP contribution in [0.1, 0.15) is 10.4 Å². The van der Waals surface area contributed by atoms with Gasteiger partial charge < -0.3 is 11.1 Å². The van der Waals surface area contributed by atoms with Gasteiger partial charge in [-0.25, -0.2) is 8.91 Å². The lowest BCUT2D eigenvalue weighted by Gasteiger charge is -2.07. The summed E-state index contributed by atoms with van der Waals surface area (Å²) in [5.74, 6) is -0.849. The number of nitrogen functional groups attached to an aromatic ring is 1. The zero-order valence-electron chi connectivity index (χ0n) is 10.4. The number of nitrogens with one attached hydrogen (secondary N) is 1. The monoisotopic (exact) mass is 270 g/mol. The van der Waals surface area contributed by atoms with Crippen molar-refractivity contribution < 1.29 is 9.18 Å². The summed E-state index contributed by atoms with van der Waals surface area (Å²) in [6.07, 6.45) is 3.20. The minimum absolute atomic E-state index is 0.241. The molecule has 0 radical (unpaired) electrons. The Morgan fingerprint density at radius 2 is 2.15 bits per heavy atom. The number of carbonyl (C=O) groups excluding carboxylic acids is 1. The molecule has 2 heterocycles. The highest BCUT2D eigenvalue weighted by Crippen LogP contribution is 2.21. The van der Waals surface area contributed by atoms with Crippen LogP contribution in [-0.4, -0.2) is 15.5 Å². The van der Waals surface area contributed by atoms with Crippen LogP contribution in [0, 0.1) is 5.82 Å². The first-order valence-electron chi connectivity index (χ1n) is 5.94. The molecule has 0 aliphatic carbocycles. The Bertz CT molecular complexity index is 797. The third-order valence-electron chi connectivity index (χ3n) is 2.93. The number of nitrogens with zero attached hydrogens (tertiary/aromatic N) is 2. The molecule has 0 bridgehead atoms. The van der Waals surface area contributed by atoms with E-state index >= 15 is 0 Å². The summed E-state index contributed by atoms with van der Waals surface area (Å²) in [5.41, 5.74) is 7.31. The molecule has 2 aromatic heterocycles. The number of anilines is 2. The second kappa shape index (κ2) is 4.65. The first kappa shape index (κ1) is 12.2. The minimum atomic E-state index is -0.464. The first-order chi connectivity index (χ1) is 9.65. The van der Waals surface area contributed by atoms with Crippen molar-refractivity contribution in [3.63, 3.8) is 0 Å². The minimum Gasteiger partial charge on any atom is -0.397 e. The van der Waals surface area contributed by atoms with Gasteiger partial charge >= 0.3 is 0 Å². The van der Waals surface area contributed by atoms with Crippen molar-refractivity contribution in [2.75, 3.05) is 11.1 Å². The van der Waals surface area contributed by atoms with Gasteiger partial charge in [0.25, 0.3) is 5.91 Å². The summed E-state index contributed by atoms with van der Waals surface area (Å²) in [5, 5.41) is 6.66. The molecule has 1 amide bonds. The first-order valence-corrected chi connectivity index (χ1v) is 5.94. The van der Waals surface area contributed by atoms with E-state index in [2.05, 4.69) is 10.4 Å². The maximum absolute atomic E-state index is 13.2. The maximum atomic E-state index is 13.2. The van der Waals surface area contributed by atoms with Gasteiger partial charge in [-0.05, 0) is 30.3 Å². The third-order valence-corrected chi connectivity index (χ3v) is 2.93. The van der Waals surface area contributed by atoms with Crippen molar-refractivity contribution >= 4 is 22.8 Å². The zero-order valence-corrected chi connectivity index (χ0v) is 10.4. The number of carbonyl (C=O) groups is 1. The molecule has 5 nitrogen and oxygen atoms in total. The van der Waals surface area contributed by atoms with Crippen LogP contribution in [0.4, 0.5) is 15.8 Å². The van der Waals surface area contributed by atoms with E-state index in [0.29, 0.717) is 16.8 Å². The van der Waals surface area contributed by atoms with E-state index in [0.717, 1.165) is 0 Å². The van der Waals surface area contributed by atoms with Gasteiger partial charge in [-0.1, -0.05) is 6.07 Å². The Morgan fingerprint density at radius 3 is 3.00 bits per heavy atom. The lowest BCUT2D eigenvalue weighted by Crippen LogP contribution is -2.13. The molecule has 0 saturated heterocycles. The van der Waals surface area contributed by atoms with Crippen LogP contribution in [-0.2, 0) is 0 Å². The zero-order chi connectivity index (χ0) is 14.1. The lowest BCUT2D eigenvalue weighted by atomic mass is 10.2. The molecule has 3 N–H and O–H groups in total. The summed E-state index contributed by atoms with van der Waals surface area (Å²) in [6, 6.07) is 9.22. The predicted octanol–water partition coefficient (Wildman–Crippen LogP) is 2.31. The van der Waals surface area contributed by atoms with Gasteiger partial charge in [0, 0.05) is 6.20 Å². The number of nitrogens with two attached hydrogens (primary N) is 1. The van der Waals surface area contributed by atoms with Crippen LogP contribution in [0.3, 0.4) is 0 Å². The largest absolute Gasteiger partial charge is 0.397 e. The highest BCUT2D eigenvalue weighted by atomic mass is 19.1. The van der Waals surface area contributed by atoms with Crippen LogP contribution < -0.4 is 11.1 Å². The molecule has 6 heteroatoms. The summed E-state index contributed by atoms with van der Waals surface area (Å²) in [4.78, 5) is 12.2.